The van der Waals surface area contributed by atoms with Gasteiger partial charge >= 0.3 is 0 Å². The molecular formula is C24H22Cl2N4OS. The molecule has 0 saturated heterocycles. The van der Waals surface area contributed by atoms with Crippen LogP contribution in [0.1, 0.15) is 43.9 Å². The van der Waals surface area contributed by atoms with Gasteiger partial charge in [0.05, 0.1) is 0 Å². The van der Waals surface area contributed by atoms with Crippen LogP contribution in [0.2, 0.25) is 10.0 Å². The minimum atomic E-state index is -0.329. The van der Waals surface area contributed by atoms with Gasteiger partial charge in [0.15, 0.2) is 5.78 Å². The van der Waals surface area contributed by atoms with E-state index < -0.39 is 0 Å². The monoisotopic (exact) mass is 484 g/mol. The van der Waals surface area contributed by atoms with Gasteiger partial charge in [0, 0.05) is 33.5 Å². The van der Waals surface area contributed by atoms with Crippen molar-refractivity contribution in [2.75, 3.05) is 5.32 Å². The number of benzene rings is 2. The molecule has 0 amide bonds. The third kappa shape index (κ3) is 4.07. The maximum absolute atomic E-state index is 13.3. The van der Waals surface area contributed by atoms with Crippen LogP contribution < -0.4 is 5.32 Å². The number of fused-ring (bicyclic) bond motifs is 1. The van der Waals surface area contributed by atoms with Crippen LogP contribution in [-0.2, 0) is 10.5 Å². The molecule has 0 spiro atoms. The first kappa shape index (κ1) is 21.6. The van der Waals surface area contributed by atoms with Crippen LogP contribution in [0.15, 0.2) is 65.0 Å². The molecule has 5 nitrogen and oxygen atoms in total. The van der Waals surface area contributed by atoms with Crippen molar-refractivity contribution in [2.24, 2.45) is 5.41 Å². The number of rotatable bonds is 4. The second kappa shape index (κ2) is 8.25. The number of carbonyl (C=O) groups excluding carboxylic acids is 1. The van der Waals surface area contributed by atoms with Crippen molar-refractivity contribution in [3.63, 3.8) is 0 Å². The molecule has 2 aromatic carbocycles. The number of nitrogens with zero attached hydrogens (tertiary/aromatic N) is 3. The van der Waals surface area contributed by atoms with Crippen LogP contribution in [0.3, 0.4) is 0 Å². The van der Waals surface area contributed by atoms with Crippen molar-refractivity contribution < 1.29 is 4.79 Å². The standard InChI is InChI=1S/C24H22Cl2N4OS/c1-24(2)11-18-20(19(31)12-24)21(14-7-9-16(25)10-8-14)30-22(27-18)28-23(29-30)32-13-15-5-3-4-6-17(15)26/h3-10,21H,11-13H2,1-2H3,(H,27,28,29). The van der Waals surface area contributed by atoms with Gasteiger partial charge in [-0.05, 0) is 41.2 Å². The molecule has 2 aliphatic rings. The minimum Gasteiger partial charge on any atom is -0.328 e. The third-order valence-corrected chi connectivity index (χ3v) is 7.32. The van der Waals surface area contributed by atoms with E-state index in [9.17, 15) is 4.79 Å². The van der Waals surface area contributed by atoms with Crippen LogP contribution in [0.25, 0.3) is 0 Å². The van der Waals surface area contributed by atoms with Crippen molar-refractivity contribution in [3.8, 4) is 0 Å². The second-order valence-corrected chi connectivity index (χ2v) is 10.7. The lowest BCUT2D eigenvalue weighted by molar-refractivity contribution is -0.118. The molecule has 164 valence electrons. The molecule has 3 aromatic rings. The lowest BCUT2D eigenvalue weighted by Crippen LogP contribution is -2.36. The number of allylic oxidation sites excluding steroid dienone is 2. The number of nitrogens with one attached hydrogen (secondary N) is 1. The van der Waals surface area contributed by atoms with Gasteiger partial charge in [0.2, 0.25) is 11.1 Å². The molecular weight excluding hydrogens is 463 g/mol. The fourth-order valence-corrected chi connectivity index (χ4v) is 5.60. The molecule has 0 fully saturated rings. The number of hydrogen-bond acceptors (Lipinski definition) is 5. The molecule has 1 aliphatic carbocycles. The van der Waals surface area contributed by atoms with Gasteiger partial charge in [0.1, 0.15) is 6.04 Å². The number of halogens is 2. The summed E-state index contributed by atoms with van der Waals surface area (Å²) < 4.78 is 1.83. The third-order valence-electron chi connectivity index (χ3n) is 5.81. The molecule has 1 unspecified atom stereocenters. The summed E-state index contributed by atoms with van der Waals surface area (Å²) in [5.41, 5.74) is 3.60. The number of anilines is 1. The largest absolute Gasteiger partial charge is 0.328 e. The minimum absolute atomic E-state index is 0.0999. The van der Waals surface area contributed by atoms with Crippen molar-refractivity contribution in [1.82, 2.24) is 14.8 Å². The van der Waals surface area contributed by atoms with Crippen molar-refractivity contribution >= 4 is 46.7 Å². The Labute approximate surface area is 201 Å². The summed E-state index contributed by atoms with van der Waals surface area (Å²) in [6.45, 7) is 4.25. The normalized spacial score (nSPS) is 19.4. The number of carbonyl (C=O) groups is 1. The van der Waals surface area contributed by atoms with Gasteiger partial charge in [-0.25, -0.2) is 4.68 Å². The molecule has 32 heavy (non-hydrogen) atoms. The lowest BCUT2D eigenvalue weighted by atomic mass is 9.73. The predicted molar refractivity (Wildman–Crippen MR) is 129 cm³/mol. The summed E-state index contributed by atoms with van der Waals surface area (Å²) in [5.74, 6) is 1.46. The Kier molecular flexibility index (Phi) is 5.56. The maximum atomic E-state index is 13.3. The molecule has 1 N–H and O–H groups in total. The van der Waals surface area contributed by atoms with Crippen LogP contribution in [0, 0.1) is 5.41 Å². The van der Waals surface area contributed by atoms with E-state index in [1.54, 1.807) is 0 Å². The van der Waals surface area contributed by atoms with Gasteiger partial charge in [-0.1, -0.05) is 79.1 Å². The molecule has 2 heterocycles. The summed E-state index contributed by atoms with van der Waals surface area (Å²) in [5, 5.41) is 10.2. The van der Waals surface area contributed by atoms with Crippen molar-refractivity contribution in [1.29, 1.82) is 0 Å². The van der Waals surface area contributed by atoms with E-state index in [0.29, 0.717) is 28.3 Å². The van der Waals surface area contributed by atoms with Crippen molar-refractivity contribution in [2.45, 2.75) is 43.6 Å². The molecule has 8 heteroatoms. The van der Waals surface area contributed by atoms with Gasteiger partial charge in [0.25, 0.3) is 0 Å². The van der Waals surface area contributed by atoms with Gasteiger partial charge in [-0.15, -0.1) is 5.10 Å². The summed E-state index contributed by atoms with van der Waals surface area (Å²) in [7, 11) is 0. The molecule has 0 radical (unpaired) electrons. The number of hydrogen-bond donors (Lipinski definition) is 1. The first-order valence-electron chi connectivity index (χ1n) is 10.4. The van der Waals surface area contributed by atoms with E-state index in [-0.39, 0.29) is 17.2 Å². The summed E-state index contributed by atoms with van der Waals surface area (Å²) in [4.78, 5) is 18.0. The highest BCUT2D eigenvalue weighted by molar-refractivity contribution is 7.98. The number of Topliss-reactive ketones (excluding diaryl/α,β-unsaturated/α-hetero) is 1. The maximum Gasteiger partial charge on any atom is 0.227 e. The highest BCUT2D eigenvalue weighted by Crippen LogP contribution is 2.45. The van der Waals surface area contributed by atoms with E-state index in [1.807, 2.05) is 53.2 Å². The van der Waals surface area contributed by atoms with E-state index in [0.717, 1.165) is 33.8 Å². The molecule has 1 aliphatic heterocycles. The van der Waals surface area contributed by atoms with Gasteiger partial charge in [-0.2, -0.15) is 4.98 Å². The quantitative estimate of drug-likeness (QED) is 0.426. The fourth-order valence-electron chi connectivity index (χ4n) is 4.36. The van der Waals surface area contributed by atoms with Crippen LogP contribution in [0.5, 0.6) is 0 Å². The number of ketones is 1. The molecule has 0 saturated carbocycles. The molecule has 5 rings (SSSR count). The van der Waals surface area contributed by atoms with E-state index in [4.69, 9.17) is 33.3 Å². The average Bonchev–Trinajstić information content (AvgIpc) is 3.14. The van der Waals surface area contributed by atoms with E-state index >= 15 is 0 Å². The first-order valence-corrected chi connectivity index (χ1v) is 12.2. The molecule has 1 aromatic heterocycles. The predicted octanol–water partition coefficient (Wildman–Crippen LogP) is 6.54. The average molecular weight is 485 g/mol. The highest BCUT2D eigenvalue weighted by Gasteiger charge is 2.41. The molecule has 1 atom stereocenters. The summed E-state index contributed by atoms with van der Waals surface area (Å²) >= 11 is 14.0. The smallest absolute Gasteiger partial charge is 0.227 e. The Hall–Kier alpha value is -2.28. The Morgan fingerprint density at radius 3 is 2.62 bits per heavy atom. The Morgan fingerprint density at radius 2 is 1.88 bits per heavy atom. The van der Waals surface area contributed by atoms with Crippen LogP contribution >= 0.6 is 35.0 Å². The lowest BCUT2D eigenvalue weighted by Gasteiger charge is -2.38. The zero-order valence-corrected chi connectivity index (χ0v) is 20.1. The van der Waals surface area contributed by atoms with Gasteiger partial charge < -0.3 is 5.32 Å². The van der Waals surface area contributed by atoms with Crippen LogP contribution in [0.4, 0.5) is 5.95 Å². The fraction of sp³-hybridized carbons (Fsp3) is 0.292. The van der Waals surface area contributed by atoms with Crippen LogP contribution in [-0.4, -0.2) is 20.5 Å². The Morgan fingerprint density at radius 1 is 1.12 bits per heavy atom. The summed E-state index contributed by atoms with van der Waals surface area (Å²) in [6, 6.07) is 15.0. The topological polar surface area (TPSA) is 59.8 Å². The second-order valence-electron chi connectivity index (χ2n) is 8.95. The van der Waals surface area contributed by atoms with Crippen molar-refractivity contribution in [3.05, 3.63) is 81.0 Å². The first-order chi connectivity index (χ1) is 15.3. The SMILES string of the molecule is CC1(C)CC(=O)C2=C(C1)Nc1nc(SCc3ccccc3Cl)nn1C2c1ccc(Cl)cc1. The van der Waals surface area contributed by atoms with E-state index in [1.165, 1.54) is 11.8 Å². The zero-order valence-electron chi connectivity index (χ0n) is 17.7. The summed E-state index contributed by atoms with van der Waals surface area (Å²) in [6.07, 6.45) is 1.29. The number of thioether (sulfide) groups is 1. The Balaban J connectivity index is 1.53. The molecule has 0 bridgehead atoms. The number of aromatic nitrogens is 3. The Bertz CT molecular complexity index is 1230. The highest BCUT2D eigenvalue weighted by atomic mass is 35.5. The van der Waals surface area contributed by atoms with Gasteiger partial charge in [-0.3, -0.25) is 4.79 Å². The zero-order chi connectivity index (χ0) is 22.5. The van der Waals surface area contributed by atoms with E-state index in [2.05, 4.69) is 19.2 Å².